The average Bonchev–Trinajstić information content (AvgIpc) is 3.19. The summed E-state index contributed by atoms with van der Waals surface area (Å²) in [6.45, 7) is 3.64. The van der Waals surface area contributed by atoms with Gasteiger partial charge in [0.05, 0.1) is 6.42 Å². The van der Waals surface area contributed by atoms with E-state index in [1.54, 1.807) is 11.9 Å². The molecule has 1 atom stereocenters. The van der Waals surface area contributed by atoms with Crippen LogP contribution in [0.25, 0.3) is 0 Å². The number of urea groups is 1. The SMILES string of the molecule is CN(Cc1ccccc1CN1CCCC1)C(=O)C[C@H]1NC(=O)NC1=O. The van der Waals surface area contributed by atoms with Crippen molar-refractivity contribution in [3.63, 3.8) is 0 Å². The number of carbonyl (C=O) groups is 3. The van der Waals surface area contributed by atoms with Crippen molar-refractivity contribution in [3.8, 4) is 0 Å². The normalized spacial score (nSPS) is 20.4. The van der Waals surface area contributed by atoms with E-state index in [9.17, 15) is 14.4 Å². The Kier molecular flexibility index (Phi) is 5.33. The number of amides is 4. The van der Waals surface area contributed by atoms with Crippen LogP contribution >= 0.6 is 0 Å². The molecule has 0 bridgehead atoms. The zero-order chi connectivity index (χ0) is 17.8. The first-order valence-corrected chi connectivity index (χ1v) is 8.67. The minimum atomic E-state index is -0.776. The third-order valence-electron chi connectivity index (χ3n) is 4.78. The van der Waals surface area contributed by atoms with Gasteiger partial charge in [0.1, 0.15) is 6.04 Å². The number of rotatable bonds is 6. The summed E-state index contributed by atoms with van der Waals surface area (Å²) in [5, 5.41) is 4.60. The predicted octanol–water partition coefficient (Wildman–Crippen LogP) is 0.839. The molecule has 25 heavy (non-hydrogen) atoms. The fourth-order valence-corrected chi connectivity index (χ4v) is 3.32. The van der Waals surface area contributed by atoms with Gasteiger partial charge < -0.3 is 10.2 Å². The summed E-state index contributed by atoms with van der Waals surface area (Å²) < 4.78 is 0. The Hall–Kier alpha value is -2.41. The lowest BCUT2D eigenvalue weighted by Crippen LogP contribution is -2.37. The molecule has 0 unspecified atom stereocenters. The lowest BCUT2D eigenvalue weighted by Gasteiger charge is -2.22. The van der Waals surface area contributed by atoms with Crippen LogP contribution in [0.3, 0.4) is 0 Å². The van der Waals surface area contributed by atoms with Crippen molar-refractivity contribution in [1.29, 1.82) is 0 Å². The number of likely N-dealkylation sites (tertiary alicyclic amines) is 1. The van der Waals surface area contributed by atoms with Gasteiger partial charge >= 0.3 is 6.03 Å². The number of benzene rings is 1. The van der Waals surface area contributed by atoms with Crippen LogP contribution in [-0.2, 0) is 22.7 Å². The van der Waals surface area contributed by atoms with E-state index in [2.05, 4.69) is 21.6 Å². The van der Waals surface area contributed by atoms with E-state index in [4.69, 9.17) is 0 Å². The minimum Gasteiger partial charge on any atom is -0.341 e. The predicted molar refractivity (Wildman–Crippen MR) is 92.5 cm³/mol. The Morgan fingerprint density at radius 1 is 1.20 bits per heavy atom. The summed E-state index contributed by atoms with van der Waals surface area (Å²) in [5.74, 6) is -0.612. The highest BCUT2D eigenvalue weighted by molar-refractivity contribution is 6.05. The maximum Gasteiger partial charge on any atom is 0.322 e. The molecule has 0 spiro atoms. The second kappa shape index (κ2) is 7.65. The summed E-state index contributed by atoms with van der Waals surface area (Å²) in [4.78, 5) is 39.2. The largest absolute Gasteiger partial charge is 0.341 e. The van der Waals surface area contributed by atoms with Gasteiger partial charge in [0.25, 0.3) is 5.91 Å². The summed E-state index contributed by atoms with van der Waals surface area (Å²) in [5.41, 5.74) is 2.35. The smallest absolute Gasteiger partial charge is 0.322 e. The van der Waals surface area contributed by atoms with Crippen LogP contribution in [0.15, 0.2) is 24.3 Å². The number of hydrogen-bond acceptors (Lipinski definition) is 4. The fourth-order valence-electron chi connectivity index (χ4n) is 3.32. The van der Waals surface area contributed by atoms with E-state index < -0.39 is 18.0 Å². The van der Waals surface area contributed by atoms with Gasteiger partial charge in [-0.05, 0) is 37.1 Å². The molecule has 3 rings (SSSR count). The number of nitrogens with zero attached hydrogens (tertiary/aromatic N) is 2. The quantitative estimate of drug-likeness (QED) is 0.749. The van der Waals surface area contributed by atoms with Gasteiger partial charge in [-0.15, -0.1) is 0 Å². The highest BCUT2D eigenvalue weighted by atomic mass is 16.2. The third kappa shape index (κ3) is 4.36. The van der Waals surface area contributed by atoms with Crippen molar-refractivity contribution in [1.82, 2.24) is 20.4 Å². The molecule has 2 saturated heterocycles. The average molecular weight is 344 g/mol. The van der Waals surface area contributed by atoms with Gasteiger partial charge in [-0.3, -0.25) is 19.8 Å². The Balaban J connectivity index is 1.60. The molecule has 7 heteroatoms. The maximum atomic E-state index is 12.4. The standard InChI is InChI=1S/C18H24N4O3/c1-21(16(23)10-15-17(24)20-18(25)19-15)11-13-6-2-3-7-14(13)12-22-8-4-5-9-22/h2-3,6-7,15H,4-5,8-12H2,1H3,(H2,19,20,24,25)/t15-/m1/s1. The zero-order valence-corrected chi connectivity index (χ0v) is 14.5. The highest BCUT2D eigenvalue weighted by Crippen LogP contribution is 2.17. The first-order valence-electron chi connectivity index (χ1n) is 8.67. The topological polar surface area (TPSA) is 81.8 Å². The molecule has 1 aromatic carbocycles. The second-order valence-corrected chi connectivity index (χ2v) is 6.72. The lowest BCUT2D eigenvalue weighted by molar-refractivity contribution is -0.133. The van der Waals surface area contributed by atoms with Gasteiger partial charge in [-0.25, -0.2) is 4.79 Å². The van der Waals surface area contributed by atoms with Crippen molar-refractivity contribution >= 4 is 17.8 Å². The van der Waals surface area contributed by atoms with Gasteiger partial charge in [-0.1, -0.05) is 24.3 Å². The molecule has 4 amide bonds. The third-order valence-corrected chi connectivity index (χ3v) is 4.78. The van der Waals surface area contributed by atoms with E-state index in [1.165, 1.54) is 18.4 Å². The number of hydrogen-bond donors (Lipinski definition) is 2. The Morgan fingerprint density at radius 2 is 1.88 bits per heavy atom. The molecule has 2 aliphatic heterocycles. The maximum absolute atomic E-state index is 12.4. The molecule has 2 fully saturated rings. The van der Waals surface area contributed by atoms with Gasteiger partial charge in [0.2, 0.25) is 5.91 Å². The van der Waals surface area contributed by atoms with Crippen LogP contribution in [0.5, 0.6) is 0 Å². The Labute approximate surface area is 147 Å². The van der Waals surface area contributed by atoms with Gasteiger partial charge in [-0.2, -0.15) is 0 Å². The van der Waals surface area contributed by atoms with Gasteiger partial charge in [0, 0.05) is 20.1 Å². The summed E-state index contributed by atoms with van der Waals surface area (Å²) in [6.07, 6.45) is 2.47. The van der Waals surface area contributed by atoms with Crippen LogP contribution in [-0.4, -0.2) is 53.8 Å². The van der Waals surface area contributed by atoms with E-state index in [0.717, 1.165) is 25.2 Å². The first kappa shape index (κ1) is 17.4. The molecule has 7 nitrogen and oxygen atoms in total. The molecular weight excluding hydrogens is 320 g/mol. The van der Waals surface area contributed by atoms with Crippen molar-refractivity contribution in [3.05, 3.63) is 35.4 Å². The zero-order valence-electron chi connectivity index (χ0n) is 14.5. The molecule has 134 valence electrons. The van der Waals surface area contributed by atoms with Crippen LogP contribution in [0.4, 0.5) is 4.79 Å². The number of nitrogens with one attached hydrogen (secondary N) is 2. The van der Waals surface area contributed by atoms with Crippen molar-refractivity contribution in [2.75, 3.05) is 20.1 Å². The van der Waals surface area contributed by atoms with Gasteiger partial charge in [0.15, 0.2) is 0 Å². The van der Waals surface area contributed by atoms with E-state index in [-0.39, 0.29) is 12.3 Å². The summed E-state index contributed by atoms with van der Waals surface area (Å²) in [6, 6.07) is 6.83. The summed E-state index contributed by atoms with van der Waals surface area (Å²) in [7, 11) is 1.73. The van der Waals surface area contributed by atoms with Crippen molar-refractivity contribution in [2.45, 2.75) is 38.4 Å². The van der Waals surface area contributed by atoms with Crippen LogP contribution < -0.4 is 10.6 Å². The molecule has 0 saturated carbocycles. The minimum absolute atomic E-state index is 0.0254. The first-order chi connectivity index (χ1) is 12.0. The number of imide groups is 1. The van der Waals surface area contributed by atoms with E-state index in [0.29, 0.717) is 6.54 Å². The molecule has 0 aliphatic carbocycles. The molecule has 2 heterocycles. The molecule has 0 radical (unpaired) electrons. The molecule has 2 aliphatic rings. The number of carbonyl (C=O) groups excluding carboxylic acids is 3. The van der Waals surface area contributed by atoms with Crippen molar-refractivity contribution < 1.29 is 14.4 Å². The molecule has 0 aromatic heterocycles. The van der Waals surface area contributed by atoms with E-state index in [1.807, 2.05) is 18.2 Å². The second-order valence-electron chi connectivity index (χ2n) is 6.72. The lowest BCUT2D eigenvalue weighted by atomic mass is 10.1. The fraction of sp³-hybridized carbons (Fsp3) is 0.500. The molecule has 2 N–H and O–H groups in total. The van der Waals surface area contributed by atoms with Crippen LogP contribution in [0.2, 0.25) is 0 Å². The van der Waals surface area contributed by atoms with E-state index >= 15 is 0 Å². The monoisotopic (exact) mass is 344 g/mol. The van der Waals surface area contributed by atoms with Crippen molar-refractivity contribution in [2.24, 2.45) is 0 Å². The summed E-state index contributed by atoms with van der Waals surface area (Å²) >= 11 is 0. The molecular formula is C18H24N4O3. The van der Waals surface area contributed by atoms with Crippen LogP contribution in [0.1, 0.15) is 30.4 Å². The van der Waals surface area contributed by atoms with Crippen LogP contribution in [0, 0.1) is 0 Å². The Bertz CT molecular complexity index is 670. The molecule has 1 aromatic rings. The Morgan fingerprint density at radius 3 is 2.52 bits per heavy atom. The highest BCUT2D eigenvalue weighted by Gasteiger charge is 2.32.